The fourth-order valence-electron chi connectivity index (χ4n) is 8.73. The molecule has 18 heteroatoms. The maximum Gasteiger partial charge on any atom is 0.410 e. The predicted molar refractivity (Wildman–Crippen MR) is 265 cm³/mol. The van der Waals surface area contributed by atoms with Gasteiger partial charge in [-0.05, 0) is 99.9 Å². The van der Waals surface area contributed by atoms with Crippen molar-refractivity contribution in [3.8, 4) is 11.1 Å². The lowest BCUT2D eigenvalue weighted by molar-refractivity contribution is -0.145. The van der Waals surface area contributed by atoms with Crippen LogP contribution in [0.1, 0.15) is 103 Å². The minimum absolute atomic E-state index is 0.0413. The number of thiazole rings is 1. The fourth-order valence-corrected chi connectivity index (χ4v) is 10.5. The molecule has 16 nitrogen and oxygen atoms in total. The van der Waals surface area contributed by atoms with Crippen molar-refractivity contribution in [3.05, 3.63) is 125 Å². The van der Waals surface area contributed by atoms with Crippen LogP contribution in [0.25, 0.3) is 21.3 Å². The van der Waals surface area contributed by atoms with Crippen LogP contribution >= 0.6 is 11.3 Å². The highest BCUT2D eigenvalue weighted by Crippen LogP contribution is 2.33. The first kappa shape index (κ1) is 48.8. The average molecular weight is 975 g/mol. The fraction of sp³-hybridized carbons (Fsp3) is 0.392. The van der Waals surface area contributed by atoms with E-state index in [2.05, 4.69) is 15.0 Å². The summed E-state index contributed by atoms with van der Waals surface area (Å²) in [4.78, 5) is 66.9. The number of anilines is 2. The number of hydrogen-bond acceptors (Lipinski definition) is 13. The van der Waals surface area contributed by atoms with Gasteiger partial charge in [0.25, 0.3) is 11.8 Å². The second-order valence-corrected chi connectivity index (χ2v) is 21.4. The molecule has 8 rings (SSSR count). The van der Waals surface area contributed by atoms with Crippen LogP contribution < -0.4 is 14.9 Å². The minimum atomic E-state index is -4.42. The van der Waals surface area contributed by atoms with Crippen LogP contribution in [0.4, 0.5) is 15.7 Å². The van der Waals surface area contributed by atoms with Crippen LogP contribution in [-0.4, -0.2) is 87.9 Å². The molecule has 0 spiro atoms. The van der Waals surface area contributed by atoms with Gasteiger partial charge in [-0.2, -0.15) is 5.10 Å². The highest BCUT2D eigenvalue weighted by Gasteiger charge is 2.30. The Morgan fingerprint density at radius 3 is 2.41 bits per heavy atom. The van der Waals surface area contributed by atoms with E-state index in [4.69, 9.17) is 19.6 Å². The number of fused-ring (bicyclic) bond motifs is 2. The Balaban J connectivity index is 1.03. The summed E-state index contributed by atoms with van der Waals surface area (Å²) >= 11 is 1.39. The van der Waals surface area contributed by atoms with E-state index in [0.717, 1.165) is 56.9 Å². The number of amides is 3. The van der Waals surface area contributed by atoms with Crippen molar-refractivity contribution in [1.82, 2.24) is 29.4 Å². The molecule has 3 aromatic heterocycles. The Labute approximate surface area is 406 Å². The van der Waals surface area contributed by atoms with E-state index in [9.17, 15) is 27.6 Å². The van der Waals surface area contributed by atoms with Crippen molar-refractivity contribution in [2.75, 3.05) is 35.6 Å². The molecule has 0 bridgehead atoms. The van der Waals surface area contributed by atoms with Crippen LogP contribution in [0.15, 0.2) is 91.1 Å². The molecule has 1 fully saturated rings. The SMILES string of the molecule is Cc1c(-c2ccc(N3CCc4cccc(C(=O)Nc5nc6ccccc6s5)c4C3)nc2C(=O)NS(=O)(=O)CCN(CCC(=O)OCc2ccccc2)C(=O)OC(C)(C)C)cnn1CC1CCCCC1. The van der Waals surface area contributed by atoms with E-state index in [0.29, 0.717) is 53.1 Å². The maximum atomic E-state index is 14.5. The lowest BCUT2D eigenvalue weighted by atomic mass is 9.89. The molecule has 3 aromatic carbocycles. The first-order valence-corrected chi connectivity index (χ1v) is 25.8. The topological polar surface area (TPSA) is 195 Å². The quantitative estimate of drug-likeness (QED) is 0.0878. The molecule has 1 saturated carbocycles. The zero-order valence-corrected chi connectivity index (χ0v) is 41.0. The highest BCUT2D eigenvalue weighted by atomic mass is 32.2. The molecule has 3 amide bonds. The number of pyridine rings is 1. The number of esters is 1. The van der Waals surface area contributed by atoms with Gasteiger partial charge in [-0.3, -0.25) is 24.4 Å². The third-order valence-electron chi connectivity index (χ3n) is 12.4. The average Bonchev–Trinajstić information content (AvgIpc) is 3.91. The smallest absolute Gasteiger partial charge is 0.410 e. The van der Waals surface area contributed by atoms with Gasteiger partial charge in [0, 0.05) is 55.1 Å². The second-order valence-electron chi connectivity index (χ2n) is 18.6. The van der Waals surface area contributed by atoms with Gasteiger partial charge in [0.1, 0.15) is 23.7 Å². The van der Waals surface area contributed by atoms with Crippen LogP contribution in [0.5, 0.6) is 0 Å². The van der Waals surface area contributed by atoms with Crippen molar-refractivity contribution in [2.24, 2.45) is 5.92 Å². The molecule has 4 heterocycles. The molecule has 1 aliphatic heterocycles. The molecule has 0 unspecified atom stereocenters. The van der Waals surface area contributed by atoms with Crippen LogP contribution in [-0.2, 0) is 50.4 Å². The van der Waals surface area contributed by atoms with E-state index in [1.165, 1.54) is 30.6 Å². The zero-order valence-electron chi connectivity index (χ0n) is 39.4. The molecule has 2 aliphatic rings. The Kier molecular flexibility index (Phi) is 15.1. The van der Waals surface area contributed by atoms with E-state index in [1.54, 1.807) is 45.2 Å². The Hall–Kier alpha value is -6.66. The summed E-state index contributed by atoms with van der Waals surface area (Å²) in [6, 6.07) is 26.0. The number of aromatic nitrogens is 4. The molecule has 6 aromatic rings. The number of nitrogens with one attached hydrogen (secondary N) is 2. The minimum Gasteiger partial charge on any atom is -0.461 e. The van der Waals surface area contributed by atoms with Gasteiger partial charge in [0.05, 0.1) is 28.6 Å². The summed E-state index contributed by atoms with van der Waals surface area (Å²) in [5.41, 5.74) is 4.71. The van der Waals surface area contributed by atoms with Crippen LogP contribution in [0, 0.1) is 12.8 Å². The van der Waals surface area contributed by atoms with Crippen molar-refractivity contribution in [1.29, 1.82) is 0 Å². The number of carbonyl (C=O) groups is 4. The van der Waals surface area contributed by atoms with Crippen molar-refractivity contribution in [3.63, 3.8) is 0 Å². The lowest BCUT2D eigenvalue weighted by Crippen LogP contribution is -2.43. The molecule has 69 heavy (non-hydrogen) atoms. The molecule has 1 aliphatic carbocycles. The first-order valence-electron chi connectivity index (χ1n) is 23.4. The number of hydrogen-bond donors (Lipinski definition) is 2. The van der Waals surface area contributed by atoms with Gasteiger partial charge in [-0.1, -0.05) is 85.2 Å². The zero-order chi connectivity index (χ0) is 48.7. The van der Waals surface area contributed by atoms with Gasteiger partial charge >= 0.3 is 12.1 Å². The first-order chi connectivity index (χ1) is 33.1. The Morgan fingerprint density at radius 2 is 1.64 bits per heavy atom. The molecule has 0 radical (unpaired) electrons. The van der Waals surface area contributed by atoms with Gasteiger partial charge < -0.3 is 19.3 Å². The summed E-state index contributed by atoms with van der Waals surface area (Å²) in [6.07, 6.45) is 7.04. The molecule has 0 atom stereocenters. The number of ether oxygens (including phenoxy) is 2. The molecular formula is C51H58N8O8S2. The van der Waals surface area contributed by atoms with Crippen molar-refractivity contribution >= 4 is 66.4 Å². The maximum absolute atomic E-state index is 14.5. The number of para-hydroxylation sites is 1. The Bertz CT molecular complexity index is 2910. The summed E-state index contributed by atoms with van der Waals surface area (Å²) in [7, 11) is -4.42. The number of carbonyl (C=O) groups excluding carboxylic acids is 4. The third-order valence-corrected chi connectivity index (χ3v) is 14.5. The summed E-state index contributed by atoms with van der Waals surface area (Å²) in [5.74, 6) is -1.64. The predicted octanol–water partition coefficient (Wildman–Crippen LogP) is 8.69. The Morgan fingerprint density at radius 1 is 0.870 bits per heavy atom. The van der Waals surface area contributed by atoms with Crippen LogP contribution in [0.2, 0.25) is 0 Å². The normalized spacial score (nSPS) is 14.2. The van der Waals surface area contributed by atoms with Gasteiger partial charge in [0.2, 0.25) is 10.0 Å². The number of rotatable bonds is 16. The van der Waals surface area contributed by atoms with E-state index in [1.807, 2.05) is 83.2 Å². The van der Waals surface area contributed by atoms with E-state index in [-0.39, 0.29) is 37.7 Å². The summed E-state index contributed by atoms with van der Waals surface area (Å²) in [6.45, 7) is 7.97. The third kappa shape index (κ3) is 12.5. The van der Waals surface area contributed by atoms with Gasteiger partial charge in [0.15, 0.2) is 5.13 Å². The number of sulfonamides is 1. The summed E-state index contributed by atoms with van der Waals surface area (Å²) < 4.78 is 43.8. The van der Waals surface area contributed by atoms with Gasteiger partial charge in [-0.15, -0.1) is 0 Å². The van der Waals surface area contributed by atoms with E-state index >= 15 is 0 Å². The molecule has 362 valence electrons. The highest BCUT2D eigenvalue weighted by molar-refractivity contribution is 7.90. The standard InChI is InChI=1S/C51H58N8O8S2/c1-34-40(30-52-59(34)31-35-14-7-5-8-15-35)38-22-23-44(58-26-24-37-18-13-19-39(41(37)32-58)47(61)55-49-53-42-20-11-12-21-43(42)68-49)54-46(38)48(62)56-69(64,65)29-28-57(50(63)67-51(2,3)4)27-25-45(60)66-33-36-16-9-6-10-17-36/h6,9-13,16-23,30,35H,5,7-8,14-15,24-29,31-33H2,1-4H3,(H,56,62)(H,53,55,61). The van der Waals surface area contributed by atoms with Crippen molar-refractivity contribution < 1.29 is 37.1 Å². The second kappa shape index (κ2) is 21.3. The van der Waals surface area contributed by atoms with Crippen molar-refractivity contribution in [2.45, 2.75) is 97.9 Å². The van der Waals surface area contributed by atoms with Gasteiger partial charge in [-0.25, -0.2) is 27.9 Å². The monoisotopic (exact) mass is 974 g/mol. The molecule has 0 saturated heterocycles. The largest absolute Gasteiger partial charge is 0.461 e. The summed E-state index contributed by atoms with van der Waals surface area (Å²) in [5, 5.41) is 8.19. The van der Waals surface area contributed by atoms with Crippen LogP contribution in [0.3, 0.4) is 0 Å². The molecular weight excluding hydrogens is 917 g/mol. The number of benzene rings is 3. The van der Waals surface area contributed by atoms with E-state index < -0.39 is 39.3 Å². The molecule has 2 N–H and O–H groups in total. The number of nitrogens with zero attached hydrogens (tertiary/aromatic N) is 6. The lowest BCUT2D eigenvalue weighted by Gasteiger charge is -2.31.